The average molecular weight is 286 g/mol. The van der Waals surface area contributed by atoms with E-state index in [0.29, 0.717) is 12.0 Å². The molecule has 2 saturated heterocycles. The van der Waals surface area contributed by atoms with Crippen LogP contribution in [-0.4, -0.2) is 30.1 Å². The SMILES string of the molecule is CN1C2CCC1CC(C(N)c1cccc(OC3CC3)c1)C2. The van der Waals surface area contributed by atoms with Gasteiger partial charge in [0.25, 0.3) is 0 Å². The third-order valence-electron chi connectivity index (χ3n) is 5.71. The molecule has 0 radical (unpaired) electrons. The van der Waals surface area contributed by atoms with Crippen LogP contribution in [0.3, 0.4) is 0 Å². The van der Waals surface area contributed by atoms with Gasteiger partial charge < -0.3 is 15.4 Å². The van der Waals surface area contributed by atoms with Crippen LogP contribution in [-0.2, 0) is 0 Å². The van der Waals surface area contributed by atoms with Crippen molar-refractivity contribution in [3.63, 3.8) is 0 Å². The zero-order chi connectivity index (χ0) is 14.4. The van der Waals surface area contributed by atoms with Crippen LogP contribution in [0.2, 0.25) is 0 Å². The first-order chi connectivity index (χ1) is 10.2. The summed E-state index contributed by atoms with van der Waals surface area (Å²) in [4.78, 5) is 2.58. The number of hydrogen-bond acceptors (Lipinski definition) is 3. The molecule has 3 fully saturated rings. The van der Waals surface area contributed by atoms with Crippen molar-refractivity contribution in [1.82, 2.24) is 4.90 Å². The summed E-state index contributed by atoms with van der Waals surface area (Å²) in [6.45, 7) is 0. The van der Waals surface area contributed by atoms with Crippen LogP contribution < -0.4 is 10.5 Å². The highest BCUT2D eigenvalue weighted by atomic mass is 16.5. The first-order valence-corrected chi connectivity index (χ1v) is 8.45. The number of fused-ring (bicyclic) bond motifs is 2. The molecule has 3 heteroatoms. The van der Waals surface area contributed by atoms with Crippen LogP contribution in [0.15, 0.2) is 24.3 Å². The summed E-state index contributed by atoms with van der Waals surface area (Å²) >= 11 is 0. The van der Waals surface area contributed by atoms with Gasteiger partial charge in [0.1, 0.15) is 5.75 Å². The van der Waals surface area contributed by atoms with Crippen molar-refractivity contribution >= 4 is 0 Å². The summed E-state index contributed by atoms with van der Waals surface area (Å²) in [6.07, 6.45) is 8.08. The molecule has 2 bridgehead atoms. The van der Waals surface area contributed by atoms with Crippen molar-refractivity contribution in [1.29, 1.82) is 0 Å². The molecule has 0 aromatic heterocycles. The highest BCUT2D eigenvalue weighted by Gasteiger charge is 2.40. The fourth-order valence-electron chi connectivity index (χ4n) is 4.19. The molecular formula is C18H26N2O. The molecule has 3 nitrogen and oxygen atoms in total. The fraction of sp³-hybridized carbons (Fsp3) is 0.667. The van der Waals surface area contributed by atoms with Gasteiger partial charge in [0.2, 0.25) is 0 Å². The molecule has 0 amide bonds. The molecule has 3 unspecified atom stereocenters. The van der Waals surface area contributed by atoms with Crippen LogP contribution in [0.25, 0.3) is 0 Å². The molecule has 2 N–H and O–H groups in total. The van der Waals surface area contributed by atoms with Crippen molar-refractivity contribution in [2.75, 3.05) is 7.05 Å². The Balaban J connectivity index is 1.48. The lowest BCUT2D eigenvalue weighted by Crippen LogP contribution is -2.42. The second kappa shape index (κ2) is 5.29. The number of rotatable bonds is 4. The lowest BCUT2D eigenvalue weighted by atomic mass is 9.82. The van der Waals surface area contributed by atoms with Gasteiger partial charge in [0, 0.05) is 18.1 Å². The van der Waals surface area contributed by atoms with Crippen molar-refractivity contribution in [2.45, 2.75) is 62.8 Å². The van der Waals surface area contributed by atoms with Crippen molar-refractivity contribution < 1.29 is 4.74 Å². The fourth-order valence-corrected chi connectivity index (χ4v) is 4.19. The van der Waals surface area contributed by atoms with E-state index in [1.165, 1.54) is 44.1 Å². The number of ether oxygens (including phenoxy) is 1. The lowest BCUT2D eigenvalue weighted by Gasteiger charge is -2.39. The number of benzene rings is 1. The smallest absolute Gasteiger partial charge is 0.120 e. The van der Waals surface area contributed by atoms with Gasteiger partial charge in [-0.05, 0) is 69.2 Å². The van der Waals surface area contributed by atoms with Crippen molar-refractivity contribution in [3.8, 4) is 5.75 Å². The molecule has 1 aromatic rings. The Hall–Kier alpha value is -1.06. The normalized spacial score (nSPS) is 33.9. The molecule has 1 aromatic carbocycles. The van der Waals surface area contributed by atoms with Crippen LogP contribution >= 0.6 is 0 Å². The van der Waals surface area contributed by atoms with Gasteiger partial charge in [-0.3, -0.25) is 0 Å². The second-order valence-corrected chi connectivity index (χ2v) is 7.20. The summed E-state index contributed by atoms with van der Waals surface area (Å²) in [6, 6.07) is 10.2. The highest BCUT2D eigenvalue weighted by molar-refractivity contribution is 5.31. The third kappa shape index (κ3) is 2.69. The third-order valence-corrected chi connectivity index (χ3v) is 5.71. The van der Waals surface area contributed by atoms with E-state index < -0.39 is 0 Å². The van der Waals surface area contributed by atoms with E-state index in [2.05, 4.69) is 36.2 Å². The zero-order valence-electron chi connectivity index (χ0n) is 12.9. The van der Waals surface area contributed by atoms with Gasteiger partial charge in [0.05, 0.1) is 6.10 Å². The summed E-state index contributed by atoms with van der Waals surface area (Å²) in [7, 11) is 2.29. The molecule has 1 saturated carbocycles. The van der Waals surface area contributed by atoms with E-state index in [4.69, 9.17) is 10.5 Å². The van der Waals surface area contributed by atoms with Gasteiger partial charge >= 0.3 is 0 Å². The van der Waals surface area contributed by atoms with E-state index >= 15 is 0 Å². The first-order valence-electron chi connectivity index (χ1n) is 8.45. The maximum atomic E-state index is 6.61. The Labute approximate surface area is 127 Å². The molecule has 114 valence electrons. The molecule has 0 spiro atoms. The Morgan fingerprint density at radius 1 is 1.14 bits per heavy atom. The van der Waals surface area contributed by atoms with Gasteiger partial charge in [-0.2, -0.15) is 0 Å². The van der Waals surface area contributed by atoms with Gasteiger partial charge in [-0.25, -0.2) is 0 Å². The molecular weight excluding hydrogens is 260 g/mol. The maximum absolute atomic E-state index is 6.61. The Morgan fingerprint density at radius 2 is 1.86 bits per heavy atom. The molecule has 1 aliphatic carbocycles. The minimum absolute atomic E-state index is 0.157. The van der Waals surface area contributed by atoms with Gasteiger partial charge in [-0.15, -0.1) is 0 Å². The predicted molar refractivity (Wildman–Crippen MR) is 84.3 cm³/mol. The molecule has 4 rings (SSSR count). The minimum Gasteiger partial charge on any atom is -0.490 e. The van der Waals surface area contributed by atoms with Crippen molar-refractivity contribution in [3.05, 3.63) is 29.8 Å². The first kappa shape index (κ1) is 13.6. The second-order valence-electron chi connectivity index (χ2n) is 7.20. The molecule has 2 heterocycles. The number of nitrogens with zero attached hydrogens (tertiary/aromatic N) is 1. The van der Waals surface area contributed by atoms with E-state index in [1.54, 1.807) is 0 Å². The molecule has 2 aliphatic heterocycles. The quantitative estimate of drug-likeness (QED) is 0.924. The van der Waals surface area contributed by atoms with Crippen LogP contribution in [0.5, 0.6) is 5.75 Å². The van der Waals surface area contributed by atoms with E-state index in [-0.39, 0.29) is 6.04 Å². The zero-order valence-corrected chi connectivity index (χ0v) is 12.9. The molecule has 3 atom stereocenters. The van der Waals surface area contributed by atoms with Gasteiger partial charge in [0.15, 0.2) is 0 Å². The molecule has 3 aliphatic rings. The maximum Gasteiger partial charge on any atom is 0.120 e. The standard InChI is InChI=1S/C18H26N2O/c1-20-14-5-6-15(20)10-13(9-14)18(19)12-3-2-4-17(11-12)21-16-7-8-16/h2-4,11,13-16,18H,5-10,19H2,1H3. The predicted octanol–water partition coefficient (Wildman–Crippen LogP) is 3.10. The summed E-state index contributed by atoms with van der Waals surface area (Å²) in [5.41, 5.74) is 7.86. The Bertz CT molecular complexity index is 500. The Kier molecular flexibility index (Phi) is 3.43. The van der Waals surface area contributed by atoms with Crippen molar-refractivity contribution in [2.24, 2.45) is 11.7 Å². The molecule has 21 heavy (non-hydrogen) atoms. The minimum atomic E-state index is 0.157. The summed E-state index contributed by atoms with van der Waals surface area (Å²) < 4.78 is 5.91. The van der Waals surface area contributed by atoms with E-state index in [0.717, 1.165) is 17.8 Å². The number of nitrogens with two attached hydrogens (primary N) is 1. The highest BCUT2D eigenvalue weighted by Crippen LogP contribution is 2.42. The van der Waals surface area contributed by atoms with E-state index in [9.17, 15) is 0 Å². The monoisotopic (exact) mass is 286 g/mol. The largest absolute Gasteiger partial charge is 0.490 e. The summed E-state index contributed by atoms with van der Waals surface area (Å²) in [5, 5.41) is 0. The summed E-state index contributed by atoms with van der Waals surface area (Å²) in [5.74, 6) is 1.62. The topological polar surface area (TPSA) is 38.5 Å². The van der Waals surface area contributed by atoms with Gasteiger partial charge in [-0.1, -0.05) is 12.1 Å². The number of hydrogen-bond donors (Lipinski definition) is 1. The average Bonchev–Trinajstić information content (AvgIpc) is 3.27. The Morgan fingerprint density at radius 3 is 2.52 bits per heavy atom. The van der Waals surface area contributed by atoms with Crippen LogP contribution in [0.1, 0.15) is 50.1 Å². The lowest BCUT2D eigenvalue weighted by molar-refractivity contribution is 0.120. The van der Waals surface area contributed by atoms with Crippen LogP contribution in [0.4, 0.5) is 0 Å². The van der Waals surface area contributed by atoms with E-state index in [1.807, 2.05) is 0 Å². The number of piperidine rings is 1. The van der Waals surface area contributed by atoms with Crippen LogP contribution in [0, 0.1) is 5.92 Å².